The maximum atomic E-state index is 10.8. The molecule has 8 heteroatoms. The van der Waals surface area contributed by atoms with Crippen molar-refractivity contribution in [2.24, 2.45) is 0 Å². The Balaban J connectivity index is 1.66. The van der Waals surface area contributed by atoms with Crippen molar-refractivity contribution in [3.63, 3.8) is 0 Å². The Kier molecular flexibility index (Phi) is 5.95. The van der Waals surface area contributed by atoms with Crippen LogP contribution >= 0.6 is 11.8 Å². The molecule has 2 heterocycles. The SMILES string of the molecule is Cc1cc(SCCN2CCOCC2)nc(-c2ccc([N+](=O)[O-])cc2)n1. The molecule has 0 amide bonds. The summed E-state index contributed by atoms with van der Waals surface area (Å²) in [7, 11) is 0. The molecule has 0 saturated carbocycles. The van der Waals surface area contributed by atoms with Gasteiger partial charge < -0.3 is 4.74 Å². The average Bonchev–Trinajstić information content (AvgIpc) is 2.62. The van der Waals surface area contributed by atoms with Gasteiger partial charge >= 0.3 is 0 Å². The number of hydrogen-bond acceptors (Lipinski definition) is 7. The molecule has 1 fully saturated rings. The molecular weight excluding hydrogens is 340 g/mol. The van der Waals surface area contributed by atoms with Crippen LogP contribution < -0.4 is 0 Å². The van der Waals surface area contributed by atoms with E-state index in [4.69, 9.17) is 4.74 Å². The van der Waals surface area contributed by atoms with Crippen LogP contribution in [0.4, 0.5) is 5.69 Å². The summed E-state index contributed by atoms with van der Waals surface area (Å²) in [5.41, 5.74) is 1.73. The molecule has 1 saturated heterocycles. The Morgan fingerprint density at radius 2 is 1.96 bits per heavy atom. The molecule has 0 spiro atoms. The van der Waals surface area contributed by atoms with Crippen LogP contribution in [0.5, 0.6) is 0 Å². The Morgan fingerprint density at radius 1 is 1.24 bits per heavy atom. The van der Waals surface area contributed by atoms with Gasteiger partial charge in [0.05, 0.1) is 18.1 Å². The molecule has 1 aromatic heterocycles. The maximum Gasteiger partial charge on any atom is 0.269 e. The highest BCUT2D eigenvalue weighted by atomic mass is 32.2. The number of morpholine rings is 1. The molecule has 3 rings (SSSR count). The topological polar surface area (TPSA) is 81.4 Å². The van der Waals surface area contributed by atoms with E-state index in [-0.39, 0.29) is 5.69 Å². The summed E-state index contributed by atoms with van der Waals surface area (Å²) in [5.74, 6) is 1.56. The number of aromatic nitrogens is 2. The fraction of sp³-hybridized carbons (Fsp3) is 0.412. The third kappa shape index (κ3) is 4.97. The van der Waals surface area contributed by atoms with Crippen LogP contribution in [0.25, 0.3) is 11.4 Å². The molecule has 1 aromatic carbocycles. The summed E-state index contributed by atoms with van der Waals surface area (Å²) in [6.45, 7) is 6.52. The number of ether oxygens (including phenoxy) is 1. The first-order chi connectivity index (χ1) is 12.1. The summed E-state index contributed by atoms with van der Waals surface area (Å²) in [4.78, 5) is 21.8. The van der Waals surface area contributed by atoms with Gasteiger partial charge in [0, 0.05) is 48.8 Å². The van der Waals surface area contributed by atoms with Crippen molar-refractivity contribution in [3.8, 4) is 11.4 Å². The number of non-ortho nitro benzene ring substituents is 1. The first-order valence-corrected chi connectivity index (χ1v) is 9.14. The van der Waals surface area contributed by atoms with Crippen LogP contribution in [0.15, 0.2) is 35.4 Å². The van der Waals surface area contributed by atoms with Gasteiger partial charge in [-0.2, -0.15) is 0 Å². The Morgan fingerprint density at radius 3 is 2.64 bits per heavy atom. The van der Waals surface area contributed by atoms with Crippen LogP contribution in [0.2, 0.25) is 0 Å². The molecule has 0 radical (unpaired) electrons. The summed E-state index contributed by atoms with van der Waals surface area (Å²) >= 11 is 1.70. The highest BCUT2D eigenvalue weighted by Crippen LogP contribution is 2.23. The van der Waals surface area contributed by atoms with Gasteiger partial charge in [-0.3, -0.25) is 15.0 Å². The van der Waals surface area contributed by atoms with E-state index in [1.165, 1.54) is 12.1 Å². The number of aryl methyl sites for hydroxylation is 1. The first-order valence-electron chi connectivity index (χ1n) is 8.15. The van der Waals surface area contributed by atoms with Gasteiger partial charge in [0.15, 0.2) is 5.82 Å². The second-order valence-corrected chi connectivity index (χ2v) is 6.89. The number of nitrogens with zero attached hydrogens (tertiary/aromatic N) is 4. The average molecular weight is 360 g/mol. The highest BCUT2D eigenvalue weighted by Gasteiger charge is 2.11. The molecule has 7 nitrogen and oxygen atoms in total. The monoisotopic (exact) mass is 360 g/mol. The zero-order chi connectivity index (χ0) is 17.6. The first kappa shape index (κ1) is 17.8. The van der Waals surface area contributed by atoms with Crippen molar-refractivity contribution in [2.45, 2.75) is 11.9 Å². The predicted octanol–water partition coefficient (Wildman–Crippen LogP) is 2.78. The van der Waals surface area contributed by atoms with Gasteiger partial charge in [0.25, 0.3) is 5.69 Å². The fourth-order valence-electron chi connectivity index (χ4n) is 2.58. The van der Waals surface area contributed by atoms with Crippen LogP contribution in [0.3, 0.4) is 0 Å². The fourth-order valence-corrected chi connectivity index (χ4v) is 3.54. The summed E-state index contributed by atoms with van der Waals surface area (Å²) in [6.07, 6.45) is 0. The molecule has 132 valence electrons. The lowest BCUT2D eigenvalue weighted by atomic mass is 10.2. The maximum absolute atomic E-state index is 10.8. The smallest absolute Gasteiger partial charge is 0.269 e. The van der Waals surface area contributed by atoms with Crippen LogP contribution in [-0.2, 0) is 4.74 Å². The van der Waals surface area contributed by atoms with E-state index in [1.807, 2.05) is 13.0 Å². The van der Waals surface area contributed by atoms with Crippen molar-refractivity contribution in [1.82, 2.24) is 14.9 Å². The minimum absolute atomic E-state index is 0.0662. The third-order valence-corrected chi connectivity index (χ3v) is 4.82. The van der Waals surface area contributed by atoms with Crippen molar-refractivity contribution < 1.29 is 9.66 Å². The van der Waals surface area contributed by atoms with Gasteiger partial charge in [0.1, 0.15) is 5.03 Å². The Hall–Kier alpha value is -2.03. The molecule has 0 aliphatic carbocycles. The van der Waals surface area contributed by atoms with Crippen molar-refractivity contribution in [2.75, 3.05) is 38.6 Å². The van der Waals surface area contributed by atoms with Crippen LogP contribution in [0, 0.1) is 17.0 Å². The molecular formula is C17H20N4O3S. The lowest BCUT2D eigenvalue weighted by molar-refractivity contribution is -0.384. The molecule has 0 bridgehead atoms. The molecule has 25 heavy (non-hydrogen) atoms. The quantitative estimate of drug-likeness (QED) is 0.339. The molecule has 0 N–H and O–H groups in total. The van der Waals surface area contributed by atoms with E-state index in [0.29, 0.717) is 5.82 Å². The number of rotatable bonds is 6. The minimum atomic E-state index is -0.409. The zero-order valence-corrected chi connectivity index (χ0v) is 14.9. The molecule has 1 aliphatic rings. The molecule has 1 aliphatic heterocycles. The van der Waals surface area contributed by atoms with E-state index in [2.05, 4.69) is 14.9 Å². The summed E-state index contributed by atoms with van der Waals surface area (Å²) < 4.78 is 5.36. The largest absolute Gasteiger partial charge is 0.379 e. The second-order valence-electron chi connectivity index (χ2n) is 5.78. The van der Waals surface area contributed by atoms with E-state index < -0.39 is 4.92 Å². The minimum Gasteiger partial charge on any atom is -0.379 e. The number of nitro groups is 1. The molecule has 2 aromatic rings. The summed E-state index contributed by atoms with van der Waals surface area (Å²) in [6, 6.07) is 8.31. The number of thioether (sulfide) groups is 1. The van der Waals surface area contributed by atoms with E-state index in [9.17, 15) is 10.1 Å². The predicted molar refractivity (Wildman–Crippen MR) is 96.8 cm³/mol. The highest BCUT2D eigenvalue weighted by molar-refractivity contribution is 7.99. The zero-order valence-electron chi connectivity index (χ0n) is 14.1. The van der Waals surface area contributed by atoms with E-state index >= 15 is 0 Å². The standard InChI is InChI=1S/C17H20N4O3S/c1-13-12-16(25-11-8-20-6-9-24-10-7-20)19-17(18-13)14-2-4-15(5-3-14)21(22)23/h2-5,12H,6-11H2,1H3. The van der Waals surface area contributed by atoms with Crippen LogP contribution in [0.1, 0.15) is 5.69 Å². The van der Waals surface area contributed by atoms with Gasteiger partial charge in [-0.1, -0.05) is 0 Å². The van der Waals surface area contributed by atoms with E-state index in [1.54, 1.807) is 23.9 Å². The normalized spacial score (nSPS) is 15.2. The summed E-state index contributed by atoms with van der Waals surface area (Å²) in [5, 5.41) is 11.7. The van der Waals surface area contributed by atoms with Gasteiger partial charge in [-0.05, 0) is 25.1 Å². The van der Waals surface area contributed by atoms with Crippen molar-refractivity contribution in [1.29, 1.82) is 0 Å². The lowest BCUT2D eigenvalue weighted by Crippen LogP contribution is -2.37. The Bertz CT molecular complexity index is 733. The van der Waals surface area contributed by atoms with Crippen LogP contribution in [-0.4, -0.2) is 58.4 Å². The van der Waals surface area contributed by atoms with Gasteiger partial charge in [0.2, 0.25) is 0 Å². The number of hydrogen-bond donors (Lipinski definition) is 0. The van der Waals surface area contributed by atoms with Crippen molar-refractivity contribution >= 4 is 17.4 Å². The van der Waals surface area contributed by atoms with Crippen molar-refractivity contribution in [3.05, 3.63) is 46.1 Å². The third-order valence-electron chi connectivity index (χ3n) is 3.93. The Labute approximate surface area is 150 Å². The number of benzene rings is 1. The second kappa shape index (κ2) is 8.37. The van der Waals surface area contributed by atoms with Gasteiger partial charge in [-0.15, -0.1) is 11.8 Å². The molecule has 0 atom stereocenters. The molecule has 0 unspecified atom stereocenters. The number of nitro benzene ring substituents is 1. The van der Waals surface area contributed by atoms with Gasteiger partial charge in [-0.25, -0.2) is 9.97 Å². The lowest BCUT2D eigenvalue weighted by Gasteiger charge is -2.26. The van der Waals surface area contributed by atoms with E-state index in [0.717, 1.165) is 54.9 Å².